The molecule has 0 aromatic carbocycles. The van der Waals surface area contributed by atoms with E-state index < -0.39 is 0 Å². The van der Waals surface area contributed by atoms with Crippen LogP contribution >= 0.6 is 0 Å². The van der Waals surface area contributed by atoms with Gasteiger partial charge in [-0.1, -0.05) is 13.8 Å². The largest absolute Gasteiger partial charge is 0.345 e. The summed E-state index contributed by atoms with van der Waals surface area (Å²) in [5.41, 5.74) is 0. The van der Waals surface area contributed by atoms with E-state index in [1.54, 1.807) is 4.90 Å². The average Bonchev–Trinajstić information content (AvgIpc) is 2.15. The summed E-state index contributed by atoms with van der Waals surface area (Å²) in [4.78, 5) is 14.2. The highest BCUT2D eigenvalue weighted by Gasteiger charge is 1.97. The van der Waals surface area contributed by atoms with Crippen LogP contribution in [-0.2, 0) is 4.79 Å². The highest BCUT2D eigenvalue weighted by atomic mass is 16.1. The second-order valence-corrected chi connectivity index (χ2v) is 2.89. The maximum absolute atomic E-state index is 10.3. The van der Waals surface area contributed by atoms with Crippen LogP contribution in [0.2, 0.25) is 0 Å². The number of hydrogen-bond donors (Lipinski definition) is 0. The first-order valence-electron chi connectivity index (χ1n) is 5.04. The molecule has 0 aliphatic carbocycles. The summed E-state index contributed by atoms with van der Waals surface area (Å²) in [5.74, 6) is 0. The van der Waals surface area contributed by atoms with Crippen LogP contribution in [0.1, 0.15) is 27.2 Å². The molecule has 3 heteroatoms. The van der Waals surface area contributed by atoms with Crippen LogP contribution in [0.4, 0.5) is 0 Å². The minimum atomic E-state index is 0.816. The highest BCUT2D eigenvalue weighted by molar-refractivity contribution is 5.46. The van der Waals surface area contributed by atoms with Crippen molar-refractivity contribution in [2.75, 3.05) is 33.7 Å². The fourth-order valence-electron chi connectivity index (χ4n) is 0.875. The van der Waals surface area contributed by atoms with Crippen molar-refractivity contribution in [1.29, 1.82) is 0 Å². The molecule has 0 unspecified atom stereocenters. The zero-order valence-electron chi connectivity index (χ0n) is 9.71. The lowest BCUT2D eigenvalue weighted by molar-refractivity contribution is -0.118. The van der Waals surface area contributed by atoms with Crippen LogP contribution in [-0.4, -0.2) is 49.9 Å². The normalized spacial score (nSPS) is 9.08. The van der Waals surface area contributed by atoms with Crippen LogP contribution in [0, 0.1) is 0 Å². The second-order valence-electron chi connectivity index (χ2n) is 2.89. The molecule has 0 aliphatic heterocycles. The van der Waals surface area contributed by atoms with Gasteiger partial charge < -0.3 is 9.80 Å². The molecule has 13 heavy (non-hydrogen) atoms. The summed E-state index contributed by atoms with van der Waals surface area (Å²) >= 11 is 0. The van der Waals surface area contributed by atoms with Crippen molar-refractivity contribution in [2.24, 2.45) is 0 Å². The molecule has 0 saturated carbocycles. The van der Waals surface area contributed by atoms with Gasteiger partial charge in [-0.05, 0) is 34.0 Å². The van der Waals surface area contributed by atoms with E-state index in [2.05, 4.69) is 4.90 Å². The third kappa shape index (κ3) is 11.4. The van der Waals surface area contributed by atoms with E-state index >= 15 is 0 Å². The number of carbonyl (C=O) groups excluding carboxylic acids is 1. The van der Waals surface area contributed by atoms with Gasteiger partial charge in [-0.3, -0.25) is 4.79 Å². The number of rotatable bonds is 6. The Bertz CT molecular complexity index is 105. The number of nitrogens with zero attached hydrogens (tertiary/aromatic N) is 2. The van der Waals surface area contributed by atoms with Crippen LogP contribution in [0.25, 0.3) is 0 Å². The third-order valence-electron chi connectivity index (χ3n) is 1.61. The van der Waals surface area contributed by atoms with Gasteiger partial charge in [-0.25, -0.2) is 0 Å². The van der Waals surface area contributed by atoms with Gasteiger partial charge in [0.2, 0.25) is 6.41 Å². The lowest BCUT2D eigenvalue weighted by atomic mass is 10.4. The van der Waals surface area contributed by atoms with E-state index in [0.29, 0.717) is 0 Å². The molecular weight excluding hydrogens is 164 g/mol. The zero-order chi connectivity index (χ0) is 10.7. The molecule has 0 saturated heterocycles. The zero-order valence-corrected chi connectivity index (χ0v) is 9.71. The SMILES string of the molecule is CC.CCN(C=O)CCCN(C)C. The smallest absolute Gasteiger partial charge is 0.209 e. The van der Waals surface area contributed by atoms with Gasteiger partial charge in [0.15, 0.2) is 0 Å². The first-order chi connectivity index (χ1) is 6.20. The Labute approximate surface area is 82.7 Å². The monoisotopic (exact) mass is 188 g/mol. The summed E-state index contributed by atoms with van der Waals surface area (Å²) in [5, 5.41) is 0. The average molecular weight is 188 g/mol. The molecule has 0 rings (SSSR count). The van der Waals surface area contributed by atoms with E-state index in [-0.39, 0.29) is 0 Å². The van der Waals surface area contributed by atoms with Gasteiger partial charge in [-0.15, -0.1) is 0 Å². The van der Waals surface area contributed by atoms with Crippen LogP contribution < -0.4 is 0 Å². The highest BCUT2D eigenvalue weighted by Crippen LogP contribution is 1.88. The number of carbonyl (C=O) groups is 1. The van der Waals surface area contributed by atoms with E-state index in [4.69, 9.17) is 0 Å². The van der Waals surface area contributed by atoms with Crippen molar-refractivity contribution in [3.63, 3.8) is 0 Å². The topological polar surface area (TPSA) is 23.6 Å². The van der Waals surface area contributed by atoms with E-state index in [1.807, 2.05) is 34.9 Å². The van der Waals surface area contributed by atoms with Crippen molar-refractivity contribution < 1.29 is 4.79 Å². The Kier molecular flexibility index (Phi) is 13.1. The van der Waals surface area contributed by atoms with Crippen LogP contribution in [0.3, 0.4) is 0 Å². The van der Waals surface area contributed by atoms with Crippen molar-refractivity contribution >= 4 is 6.41 Å². The van der Waals surface area contributed by atoms with Gasteiger partial charge in [0.05, 0.1) is 0 Å². The molecule has 0 aromatic heterocycles. The van der Waals surface area contributed by atoms with Crippen LogP contribution in [0.15, 0.2) is 0 Å². The van der Waals surface area contributed by atoms with E-state index in [0.717, 1.165) is 32.5 Å². The Hall–Kier alpha value is -0.570. The molecular formula is C10H24N2O. The minimum absolute atomic E-state index is 0.816. The maximum atomic E-state index is 10.3. The number of amides is 1. The predicted molar refractivity (Wildman–Crippen MR) is 57.8 cm³/mol. The molecule has 80 valence electrons. The molecule has 0 aromatic rings. The molecule has 0 aliphatic rings. The van der Waals surface area contributed by atoms with E-state index in [1.165, 1.54) is 0 Å². The first kappa shape index (κ1) is 14.9. The summed E-state index contributed by atoms with van der Waals surface area (Å²) in [6.45, 7) is 8.73. The molecule has 0 N–H and O–H groups in total. The van der Waals surface area contributed by atoms with Crippen molar-refractivity contribution in [2.45, 2.75) is 27.2 Å². The van der Waals surface area contributed by atoms with Gasteiger partial charge >= 0.3 is 0 Å². The standard InChI is InChI=1S/C8H18N2O.C2H6/c1-4-10(8-11)7-5-6-9(2)3;1-2/h8H,4-7H2,1-3H3;1-2H3. The van der Waals surface area contributed by atoms with Gasteiger partial charge in [0.25, 0.3) is 0 Å². The Morgan fingerprint density at radius 3 is 2.00 bits per heavy atom. The fourth-order valence-corrected chi connectivity index (χ4v) is 0.875. The van der Waals surface area contributed by atoms with Gasteiger partial charge in [0.1, 0.15) is 0 Å². The van der Waals surface area contributed by atoms with Crippen LogP contribution in [0.5, 0.6) is 0 Å². The third-order valence-corrected chi connectivity index (χ3v) is 1.61. The minimum Gasteiger partial charge on any atom is -0.345 e. The summed E-state index contributed by atoms with van der Waals surface area (Å²) in [6.07, 6.45) is 1.97. The Morgan fingerprint density at radius 1 is 1.15 bits per heavy atom. The Balaban J connectivity index is 0. The van der Waals surface area contributed by atoms with Crippen molar-refractivity contribution in [1.82, 2.24) is 9.80 Å². The number of hydrogen-bond acceptors (Lipinski definition) is 2. The van der Waals surface area contributed by atoms with Gasteiger partial charge in [0, 0.05) is 13.1 Å². The van der Waals surface area contributed by atoms with E-state index in [9.17, 15) is 4.79 Å². The molecule has 0 heterocycles. The molecule has 0 bridgehead atoms. The maximum Gasteiger partial charge on any atom is 0.209 e. The molecule has 3 nitrogen and oxygen atoms in total. The summed E-state index contributed by atoms with van der Waals surface area (Å²) in [6, 6.07) is 0. The molecule has 0 fully saturated rings. The lowest BCUT2D eigenvalue weighted by Crippen LogP contribution is -2.25. The Morgan fingerprint density at radius 2 is 1.69 bits per heavy atom. The molecule has 0 spiro atoms. The predicted octanol–water partition coefficient (Wildman–Crippen LogP) is 1.44. The lowest BCUT2D eigenvalue weighted by Gasteiger charge is -2.16. The summed E-state index contributed by atoms with van der Waals surface area (Å²) in [7, 11) is 4.08. The quantitative estimate of drug-likeness (QED) is 0.589. The molecule has 0 radical (unpaired) electrons. The first-order valence-corrected chi connectivity index (χ1v) is 5.04. The second kappa shape index (κ2) is 11.4. The molecule has 1 amide bonds. The van der Waals surface area contributed by atoms with Crippen molar-refractivity contribution in [3.8, 4) is 0 Å². The van der Waals surface area contributed by atoms with Gasteiger partial charge in [-0.2, -0.15) is 0 Å². The molecule has 0 atom stereocenters. The fraction of sp³-hybridized carbons (Fsp3) is 0.900. The van der Waals surface area contributed by atoms with Crippen molar-refractivity contribution in [3.05, 3.63) is 0 Å². The summed E-state index contributed by atoms with van der Waals surface area (Å²) < 4.78 is 0.